The highest BCUT2D eigenvalue weighted by atomic mass is 19.4. The van der Waals surface area contributed by atoms with Gasteiger partial charge in [0.25, 0.3) is 5.91 Å². The Hall–Kier alpha value is -2.31. The molecule has 2 rings (SSSR count). The van der Waals surface area contributed by atoms with Gasteiger partial charge in [-0.15, -0.1) is 0 Å². The Morgan fingerprint density at radius 2 is 1.77 bits per heavy atom. The fraction of sp³-hybridized carbons (Fsp3) is 0.333. The average molecular weight is 311 g/mol. The SMILES string of the molecule is CCN(CC)C(=O)c1cnn(-c2ccccc2)c1C(F)(F)F. The fourth-order valence-corrected chi connectivity index (χ4v) is 2.22. The molecule has 1 heterocycles. The average Bonchev–Trinajstić information content (AvgIpc) is 2.94. The predicted octanol–water partition coefficient (Wildman–Crippen LogP) is 3.37. The number of aromatic nitrogens is 2. The first-order valence-electron chi connectivity index (χ1n) is 6.90. The number of para-hydroxylation sites is 1. The molecule has 0 atom stereocenters. The quantitative estimate of drug-likeness (QED) is 0.868. The molecule has 1 aromatic heterocycles. The van der Waals surface area contributed by atoms with Crippen LogP contribution in [0, 0.1) is 0 Å². The van der Waals surface area contributed by atoms with E-state index in [0.29, 0.717) is 13.1 Å². The van der Waals surface area contributed by atoms with Gasteiger partial charge in [-0.2, -0.15) is 18.3 Å². The van der Waals surface area contributed by atoms with Crippen molar-refractivity contribution < 1.29 is 18.0 Å². The van der Waals surface area contributed by atoms with Crippen LogP contribution in [-0.2, 0) is 6.18 Å². The lowest BCUT2D eigenvalue weighted by molar-refractivity contribution is -0.143. The molecule has 0 unspecified atom stereocenters. The molecule has 2 aromatic rings. The Balaban J connectivity index is 2.58. The maximum absolute atomic E-state index is 13.4. The molecule has 0 fully saturated rings. The van der Waals surface area contributed by atoms with Gasteiger partial charge < -0.3 is 4.90 Å². The molecule has 7 heteroatoms. The van der Waals surface area contributed by atoms with E-state index in [0.717, 1.165) is 10.9 Å². The highest BCUT2D eigenvalue weighted by molar-refractivity contribution is 5.95. The van der Waals surface area contributed by atoms with Gasteiger partial charge >= 0.3 is 6.18 Å². The number of amides is 1. The third-order valence-corrected chi connectivity index (χ3v) is 3.32. The van der Waals surface area contributed by atoms with Crippen LogP contribution < -0.4 is 0 Å². The van der Waals surface area contributed by atoms with Crippen molar-refractivity contribution in [2.45, 2.75) is 20.0 Å². The highest BCUT2D eigenvalue weighted by Crippen LogP contribution is 2.34. The molecule has 118 valence electrons. The summed E-state index contributed by atoms with van der Waals surface area (Å²) in [4.78, 5) is 13.6. The molecule has 0 aliphatic carbocycles. The van der Waals surface area contributed by atoms with Crippen LogP contribution in [0.15, 0.2) is 36.5 Å². The third-order valence-electron chi connectivity index (χ3n) is 3.32. The van der Waals surface area contributed by atoms with Crippen molar-refractivity contribution in [3.05, 3.63) is 47.8 Å². The Morgan fingerprint density at radius 3 is 2.27 bits per heavy atom. The van der Waals surface area contributed by atoms with Crippen molar-refractivity contribution in [3.63, 3.8) is 0 Å². The predicted molar refractivity (Wildman–Crippen MR) is 75.8 cm³/mol. The maximum atomic E-state index is 13.4. The first-order chi connectivity index (χ1) is 10.4. The maximum Gasteiger partial charge on any atom is 0.434 e. The van der Waals surface area contributed by atoms with Gasteiger partial charge in [0.1, 0.15) is 0 Å². The summed E-state index contributed by atoms with van der Waals surface area (Å²) in [5.41, 5.74) is -1.22. The van der Waals surface area contributed by atoms with Crippen molar-refractivity contribution >= 4 is 5.91 Å². The zero-order valence-corrected chi connectivity index (χ0v) is 12.3. The van der Waals surface area contributed by atoms with Crippen molar-refractivity contribution in [3.8, 4) is 5.69 Å². The van der Waals surface area contributed by atoms with E-state index in [1.807, 2.05) is 0 Å². The summed E-state index contributed by atoms with van der Waals surface area (Å²) in [5.74, 6) is -0.667. The minimum absolute atomic E-state index is 0.258. The molecule has 0 aliphatic rings. The second-order valence-corrected chi connectivity index (χ2v) is 4.63. The molecule has 1 amide bonds. The number of nitrogens with zero attached hydrogens (tertiary/aromatic N) is 3. The highest BCUT2D eigenvalue weighted by Gasteiger charge is 2.41. The standard InChI is InChI=1S/C15H16F3N3O/c1-3-20(4-2)14(22)12-10-19-21(13(12)15(16,17)18)11-8-6-5-7-9-11/h5-10H,3-4H2,1-2H3. The molecule has 0 aliphatic heterocycles. The van der Waals surface area contributed by atoms with Crippen molar-refractivity contribution in [1.29, 1.82) is 0 Å². The zero-order chi connectivity index (χ0) is 16.3. The smallest absolute Gasteiger partial charge is 0.339 e. The van der Waals surface area contributed by atoms with Crippen LogP contribution in [0.4, 0.5) is 13.2 Å². The lowest BCUT2D eigenvalue weighted by atomic mass is 10.2. The van der Waals surface area contributed by atoms with E-state index in [4.69, 9.17) is 0 Å². The van der Waals surface area contributed by atoms with E-state index in [2.05, 4.69) is 5.10 Å². The van der Waals surface area contributed by atoms with Gasteiger partial charge in [-0.25, -0.2) is 4.68 Å². The van der Waals surface area contributed by atoms with Gasteiger partial charge in [0, 0.05) is 13.1 Å². The van der Waals surface area contributed by atoms with E-state index in [9.17, 15) is 18.0 Å². The van der Waals surface area contributed by atoms with Gasteiger partial charge in [-0.3, -0.25) is 4.79 Å². The van der Waals surface area contributed by atoms with E-state index in [-0.39, 0.29) is 5.69 Å². The molecule has 0 N–H and O–H groups in total. The number of hydrogen-bond donors (Lipinski definition) is 0. The minimum Gasteiger partial charge on any atom is -0.339 e. The summed E-state index contributed by atoms with van der Waals surface area (Å²) in [7, 11) is 0. The molecule has 1 aromatic carbocycles. The van der Waals surface area contributed by atoms with Gasteiger partial charge in [-0.05, 0) is 26.0 Å². The molecule has 4 nitrogen and oxygen atoms in total. The fourth-order valence-electron chi connectivity index (χ4n) is 2.22. The van der Waals surface area contributed by atoms with E-state index >= 15 is 0 Å². The summed E-state index contributed by atoms with van der Waals surface area (Å²) < 4.78 is 41.0. The minimum atomic E-state index is -4.68. The van der Waals surface area contributed by atoms with Gasteiger partial charge in [0.2, 0.25) is 0 Å². The summed E-state index contributed by atoms with van der Waals surface area (Å²) in [6.45, 7) is 4.11. The lowest BCUT2D eigenvalue weighted by Crippen LogP contribution is -2.32. The van der Waals surface area contributed by atoms with Crippen LogP contribution in [-0.4, -0.2) is 33.7 Å². The summed E-state index contributed by atoms with van der Waals surface area (Å²) in [6, 6.07) is 7.94. The van der Waals surface area contributed by atoms with Gasteiger partial charge in [0.05, 0.1) is 17.4 Å². The van der Waals surface area contributed by atoms with Crippen LogP contribution in [0.1, 0.15) is 29.9 Å². The third kappa shape index (κ3) is 2.98. The van der Waals surface area contributed by atoms with Crippen molar-refractivity contribution in [2.75, 3.05) is 13.1 Å². The number of halogens is 3. The van der Waals surface area contributed by atoms with Crippen LogP contribution in [0.2, 0.25) is 0 Å². The summed E-state index contributed by atoms with van der Waals surface area (Å²) in [6.07, 6.45) is -3.69. The van der Waals surface area contributed by atoms with Crippen molar-refractivity contribution in [2.24, 2.45) is 0 Å². The molecule has 0 spiro atoms. The van der Waals surface area contributed by atoms with Crippen LogP contribution in [0.3, 0.4) is 0 Å². The Kier molecular flexibility index (Phi) is 4.54. The van der Waals surface area contributed by atoms with Crippen LogP contribution in [0.5, 0.6) is 0 Å². The Bertz CT molecular complexity index is 646. The molecule has 0 saturated carbocycles. The number of alkyl halides is 3. The summed E-state index contributed by atoms with van der Waals surface area (Å²) >= 11 is 0. The Morgan fingerprint density at radius 1 is 1.18 bits per heavy atom. The molecule has 0 saturated heterocycles. The number of hydrogen-bond acceptors (Lipinski definition) is 2. The Labute approximate surface area is 126 Å². The van der Waals surface area contributed by atoms with E-state index in [1.54, 1.807) is 32.0 Å². The van der Waals surface area contributed by atoms with Gasteiger partial charge in [0.15, 0.2) is 5.69 Å². The molecule has 0 bridgehead atoms. The first kappa shape index (κ1) is 16.1. The zero-order valence-electron chi connectivity index (χ0n) is 12.3. The first-order valence-corrected chi connectivity index (χ1v) is 6.90. The largest absolute Gasteiger partial charge is 0.434 e. The molecule has 0 radical (unpaired) electrons. The van der Waals surface area contributed by atoms with Crippen molar-refractivity contribution in [1.82, 2.24) is 14.7 Å². The second-order valence-electron chi connectivity index (χ2n) is 4.63. The number of carbonyl (C=O) groups is 1. The number of benzene rings is 1. The second kappa shape index (κ2) is 6.21. The lowest BCUT2D eigenvalue weighted by Gasteiger charge is -2.19. The van der Waals surface area contributed by atoms with E-state index < -0.39 is 23.3 Å². The molecule has 22 heavy (non-hydrogen) atoms. The molecular weight excluding hydrogens is 295 g/mol. The van der Waals surface area contributed by atoms with Gasteiger partial charge in [-0.1, -0.05) is 18.2 Å². The topological polar surface area (TPSA) is 38.1 Å². The summed E-state index contributed by atoms with van der Waals surface area (Å²) in [5, 5.41) is 3.77. The van der Waals surface area contributed by atoms with Crippen LogP contribution in [0.25, 0.3) is 5.69 Å². The normalized spacial score (nSPS) is 11.5. The van der Waals surface area contributed by atoms with Crippen LogP contribution >= 0.6 is 0 Å². The van der Waals surface area contributed by atoms with E-state index in [1.165, 1.54) is 17.0 Å². The molecular formula is C15H16F3N3O. The monoisotopic (exact) mass is 311 g/mol. The number of rotatable bonds is 4. The number of carbonyl (C=O) groups excluding carboxylic acids is 1.